The van der Waals surface area contributed by atoms with Crippen LogP contribution in [0.2, 0.25) is 0 Å². The lowest BCUT2D eigenvalue weighted by molar-refractivity contribution is 0.146. The van der Waals surface area contributed by atoms with E-state index in [0.29, 0.717) is 9.10 Å². The third-order valence-corrected chi connectivity index (χ3v) is 9.77. The van der Waals surface area contributed by atoms with Crippen molar-refractivity contribution in [1.82, 2.24) is 0 Å². The maximum atomic E-state index is 13.8. The van der Waals surface area contributed by atoms with Gasteiger partial charge in [-0.2, -0.15) is 3.71 Å². The molecule has 0 N–H and O–H groups in total. The Balaban J connectivity index is 1.92. The summed E-state index contributed by atoms with van der Waals surface area (Å²) in [6, 6.07) is 17.3. The van der Waals surface area contributed by atoms with Crippen molar-refractivity contribution in [2.45, 2.75) is 30.2 Å². The van der Waals surface area contributed by atoms with E-state index in [1.807, 2.05) is 0 Å². The van der Waals surface area contributed by atoms with Gasteiger partial charge >= 0.3 is 5.63 Å². The third-order valence-electron chi connectivity index (χ3n) is 5.57. The molecule has 3 aromatic carbocycles. The van der Waals surface area contributed by atoms with Crippen molar-refractivity contribution in [2.75, 3.05) is 10.3 Å². The van der Waals surface area contributed by atoms with E-state index in [4.69, 9.17) is 9.15 Å². The SMILES string of the molecule is C=CCOCc1cc2cc(N(S(=O)(=O)c3ccc(C)cc3)S(=O)(=O)c3ccc(C)cc3)ccc2oc1=O. The summed E-state index contributed by atoms with van der Waals surface area (Å²) in [5.41, 5.74) is 1.25. The fourth-order valence-corrected chi connectivity index (χ4v) is 7.31. The molecular weight excluding hydrogens is 514 g/mol. The molecule has 10 heteroatoms. The standard InChI is InChI=1S/C27H25NO7S2/c1-4-15-34-18-22-16-21-17-23(9-14-26(21)35-27(22)29)28(36(30,31)24-10-5-19(2)6-11-24)37(32,33)25-12-7-20(3)8-13-25/h4-14,16-17H,1,15,18H2,2-3H3. The van der Waals surface area contributed by atoms with E-state index in [1.54, 1.807) is 38.1 Å². The van der Waals surface area contributed by atoms with Crippen LogP contribution in [0.5, 0.6) is 0 Å². The average Bonchev–Trinajstić information content (AvgIpc) is 2.85. The van der Waals surface area contributed by atoms with Crippen LogP contribution in [0.3, 0.4) is 0 Å². The van der Waals surface area contributed by atoms with Gasteiger partial charge in [0.25, 0.3) is 20.0 Å². The number of aryl methyl sites for hydroxylation is 2. The molecule has 1 aromatic heterocycles. The molecule has 1 heterocycles. The van der Waals surface area contributed by atoms with Gasteiger partial charge in [0.15, 0.2) is 0 Å². The molecular formula is C27H25NO7S2. The summed E-state index contributed by atoms with van der Waals surface area (Å²) in [4.78, 5) is 11.9. The van der Waals surface area contributed by atoms with Crippen LogP contribution < -0.4 is 9.34 Å². The predicted molar refractivity (Wildman–Crippen MR) is 142 cm³/mol. The van der Waals surface area contributed by atoms with E-state index < -0.39 is 25.7 Å². The molecule has 0 spiro atoms. The second-order valence-corrected chi connectivity index (χ2v) is 12.2. The van der Waals surface area contributed by atoms with Gasteiger partial charge in [-0.05, 0) is 62.4 Å². The van der Waals surface area contributed by atoms with E-state index in [-0.39, 0.29) is 39.8 Å². The predicted octanol–water partition coefficient (Wildman–Crippen LogP) is 4.70. The minimum atomic E-state index is -4.57. The topological polar surface area (TPSA) is 111 Å². The third kappa shape index (κ3) is 5.36. The van der Waals surface area contributed by atoms with Crippen molar-refractivity contribution < 1.29 is 26.0 Å². The van der Waals surface area contributed by atoms with Crippen molar-refractivity contribution >= 4 is 36.7 Å². The Hall–Kier alpha value is -3.73. The number of hydrogen-bond acceptors (Lipinski definition) is 7. The van der Waals surface area contributed by atoms with Gasteiger partial charge in [-0.3, -0.25) is 0 Å². The van der Waals surface area contributed by atoms with E-state index in [2.05, 4.69) is 6.58 Å². The highest BCUT2D eigenvalue weighted by Gasteiger charge is 2.37. The van der Waals surface area contributed by atoms with Crippen molar-refractivity contribution in [2.24, 2.45) is 0 Å². The van der Waals surface area contributed by atoms with Gasteiger partial charge in [0.05, 0.1) is 34.3 Å². The van der Waals surface area contributed by atoms with Crippen molar-refractivity contribution in [3.05, 3.63) is 113 Å². The van der Waals surface area contributed by atoms with Crippen LogP contribution in [0, 0.1) is 13.8 Å². The summed E-state index contributed by atoms with van der Waals surface area (Å²) in [6.45, 7) is 7.31. The van der Waals surface area contributed by atoms with Crippen LogP contribution in [-0.2, 0) is 31.4 Å². The minimum Gasteiger partial charge on any atom is -0.422 e. The first-order valence-corrected chi connectivity index (χ1v) is 14.1. The van der Waals surface area contributed by atoms with E-state index in [9.17, 15) is 21.6 Å². The quantitative estimate of drug-likeness (QED) is 0.172. The monoisotopic (exact) mass is 539 g/mol. The molecule has 0 saturated heterocycles. The molecule has 4 rings (SSSR count). The smallest absolute Gasteiger partial charge is 0.341 e. The number of rotatable bonds is 9. The number of anilines is 1. The fourth-order valence-electron chi connectivity index (χ4n) is 3.64. The Bertz CT molecular complexity index is 1650. The Morgan fingerprint density at radius 2 is 1.38 bits per heavy atom. The molecule has 0 fully saturated rings. The summed E-state index contributed by atoms with van der Waals surface area (Å²) < 4.78 is 66.3. The average molecular weight is 540 g/mol. The van der Waals surface area contributed by atoms with Crippen LogP contribution >= 0.6 is 0 Å². The van der Waals surface area contributed by atoms with E-state index >= 15 is 0 Å². The molecule has 4 aromatic rings. The molecule has 0 aliphatic rings. The van der Waals surface area contributed by atoms with Gasteiger partial charge in [0.2, 0.25) is 0 Å². The molecule has 0 unspecified atom stereocenters. The van der Waals surface area contributed by atoms with Gasteiger partial charge in [-0.25, -0.2) is 21.6 Å². The Morgan fingerprint density at radius 3 is 1.89 bits per heavy atom. The van der Waals surface area contributed by atoms with E-state index in [0.717, 1.165) is 11.1 Å². The molecule has 37 heavy (non-hydrogen) atoms. The van der Waals surface area contributed by atoms with Gasteiger partial charge in [-0.1, -0.05) is 41.5 Å². The number of benzene rings is 3. The normalized spacial score (nSPS) is 11.9. The van der Waals surface area contributed by atoms with Crippen LogP contribution in [-0.4, -0.2) is 23.4 Å². The number of hydrogen-bond donors (Lipinski definition) is 0. The molecule has 0 amide bonds. The summed E-state index contributed by atoms with van der Waals surface area (Å²) in [6.07, 6.45) is 1.53. The number of ether oxygens (including phenoxy) is 1. The second-order valence-electron chi connectivity index (χ2n) is 8.42. The highest BCUT2D eigenvalue weighted by molar-refractivity contribution is 8.10. The largest absolute Gasteiger partial charge is 0.422 e. The highest BCUT2D eigenvalue weighted by atomic mass is 32.3. The minimum absolute atomic E-state index is 0.0540. The molecule has 0 aliphatic carbocycles. The lowest BCUT2D eigenvalue weighted by Gasteiger charge is -2.24. The first kappa shape index (κ1) is 26.3. The molecule has 0 aliphatic heterocycles. The molecule has 0 radical (unpaired) electrons. The van der Waals surface area contributed by atoms with Crippen LogP contribution in [0.1, 0.15) is 16.7 Å². The molecule has 8 nitrogen and oxygen atoms in total. The zero-order valence-corrected chi connectivity index (χ0v) is 21.9. The summed E-state index contributed by atoms with van der Waals surface area (Å²) in [5, 5.41) is 0.331. The zero-order valence-electron chi connectivity index (χ0n) is 20.2. The molecule has 0 atom stereocenters. The van der Waals surface area contributed by atoms with E-state index in [1.165, 1.54) is 54.6 Å². The maximum absolute atomic E-state index is 13.8. The Kier molecular flexibility index (Phi) is 7.35. The maximum Gasteiger partial charge on any atom is 0.341 e. The zero-order chi connectivity index (χ0) is 26.8. The highest BCUT2D eigenvalue weighted by Crippen LogP contribution is 2.33. The Morgan fingerprint density at radius 1 is 0.838 bits per heavy atom. The molecule has 0 saturated carbocycles. The number of nitrogens with zero attached hydrogens (tertiary/aromatic N) is 1. The second kappa shape index (κ2) is 10.3. The summed E-state index contributed by atoms with van der Waals surface area (Å²) in [5.74, 6) is 0. The van der Waals surface area contributed by atoms with Gasteiger partial charge in [0, 0.05) is 5.39 Å². The Labute approximate surface area is 215 Å². The number of fused-ring (bicyclic) bond motifs is 1. The van der Waals surface area contributed by atoms with Gasteiger partial charge in [0.1, 0.15) is 5.58 Å². The van der Waals surface area contributed by atoms with Crippen molar-refractivity contribution in [1.29, 1.82) is 0 Å². The van der Waals surface area contributed by atoms with Crippen LogP contribution in [0.25, 0.3) is 11.0 Å². The lowest BCUT2D eigenvalue weighted by atomic mass is 10.2. The summed E-state index contributed by atoms with van der Waals surface area (Å²) in [7, 11) is -9.15. The lowest BCUT2D eigenvalue weighted by Crippen LogP contribution is -2.37. The van der Waals surface area contributed by atoms with Gasteiger partial charge < -0.3 is 9.15 Å². The fraction of sp³-hybridized carbons (Fsp3) is 0.148. The van der Waals surface area contributed by atoms with Crippen LogP contribution in [0.4, 0.5) is 5.69 Å². The summed E-state index contributed by atoms with van der Waals surface area (Å²) >= 11 is 0. The first-order valence-electron chi connectivity index (χ1n) is 11.2. The van der Waals surface area contributed by atoms with Crippen LogP contribution in [0.15, 0.2) is 104 Å². The van der Waals surface area contributed by atoms with Crippen molar-refractivity contribution in [3.63, 3.8) is 0 Å². The molecule has 0 bridgehead atoms. The molecule has 192 valence electrons. The van der Waals surface area contributed by atoms with Gasteiger partial charge in [-0.15, -0.1) is 6.58 Å². The van der Waals surface area contributed by atoms with Crippen molar-refractivity contribution in [3.8, 4) is 0 Å². The number of sulfonamides is 2. The first-order chi connectivity index (χ1) is 17.5.